The molecule has 1 aliphatic heterocycles. The normalized spacial score (nSPS) is 19.3. The number of amides is 1. The van der Waals surface area contributed by atoms with Crippen LogP contribution in [-0.4, -0.2) is 38.1 Å². The summed E-state index contributed by atoms with van der Waals surface area (Å²) in [7, 11) is 0. The number of nitrogens with one attached hydrogen (secondary N) is 2. The highest BCUT2D eigenvalue weighted by Crippen LogP contribution is 2.24. The van der Waals surface area contributed by atoms with Crippen molar-refractivity contribution in [1.82, 2.24) is 10.6 Å². The Morgan fingerprint density at radius 2 is 2.05 bits per heavy atom. The average molecular weight is 259 g/mol. The monoisotopic (exact) mass is 259 g/mol. The van der Waals surface area contributed by atoms with Crippen LogP contribution in [0.4, 0.5) is 5.69 Å². The number of nitrogens with zero attached hydrogens (tertiary/aromatic N) is 1. The molecule has 1 aromatic rings. The first-order valence-corrected chi connectivity index (χ1v) is 7.11. The van der Waals surface area contributed by atoms with Gasteiger partial charge in [0.2, 0.25) is 0 Å². The molecule has 0 atom stereocenters. The van der Waals surface area contributed by atoms with E-state index in [2.05, 4.69) is 28.5 Å². The third kappa shape index (κ3) is 2.89. The number of carbonyl (C=O) groups is 1. The van der Waals surface area contributed by atoms with E-state index < -0.39 is 0 Å². The molecule has 19 heavy (non-hydrogen) atoms. The van der Waals surface area contributed by atoms with Crippen LogP contribution < -0.4 is 15.5 Å². The molecule has 2 fully saturated rings. The quantitative estimate of drug-likeness (QED) is 0.860. The Labute approximate surface area is 114 Å². The second-order valence-electron chi connectivity index (χ2n) is 5.49. The largest absolute Gasteiger partial charge is 0.369 e. The Bertz CT molecular complexity index is 476. The van der Waals surface area contributed by atoms with Crippen LogP contribution >= 0.6 is 0 Å². The zero-order chi connectivity index (χ0) is 13.2. The van der Waals surface area contributed by atoms with Crippen molar-refractivity contribution in [2.24, 2.45) is 0 Å². The predicted octanol–water partition coefficient (Wildman–Crippen LogP) is 1.30. The molecule has 4 nitrogen and oxygen atoms in total. The summed E-state index contributed by atoms with van der Waals surface area (Å²) in [6, 6.07) is 6.44. The Morgan fingerprint density at radius 3 is 2.74 bits per heavy atom. The number of rotatable bonds is 3. The third-order valence-electron chi connectivity index (χ3n) is 3.84. The van der Waals surface area contributed by atoms with Gasteiger partial charge in [0, 0.05) is 43.5 Å². The molecule has 0 aromatic heterocycles. The number of piperazine rings is 1. The standard InChI is InChI=1S/C15H21N3O/c1-11-2-3-12(15(19)17-13-4-5-13)10-14(11)18-8-6-16-7-9-18/h2-3,10,13,16H,4-9H2,1H3,(H,17,19). The lowest BCUT2D eigenvalue weighted by molar-refractivity contribution is 0.0951. The first-order chi connectivity index (χ1) is 9.24. The summed E-state index contributed by atoms with van der Waals surface area (Å²) in [5.74, 6) is 0.0684. The molecule has 2 N–H and O–H groups in total. The fourth-order valence-electron chi connectivity index (χ4n) is 2.49. The van der Waals surface area contributed by atoms with Crippen molar-refractivity contribution in [3.05, 3.63) is 29.3 Å². The molecule has 1 aromatic carbocycles. The van der Waals surface area contributed by atoms with Crippen molar-refractivity contribution >= 4 is 11.6 Å². The number of carbonyl (C=O) groups excluding carboxylic acids is 1. The van der Waals surface area contributed by atoms with Crippen LogP contribution in [0, 0.1) is 6.92 Å². The number of hydrogen-bond acceptors (Lipinski definition) is 3. The van der Waals surface area contributed by atoms with E-state index in [-0.39, 0.29) is 5.91 Å². The topological polar surface area (TPSA) is 44.4 Å². The predicted molar refractivity (Wildman–Crippen MR) is 76.7 cm³/mol. The first-order valence-electron chi connectivity index (χ1n) is 7.11. The van der Waals surface area contributed by atoms with E-state index in [9.17, 15) is 4.79 Å². The molecular formula is C15H21N3O. The van der Waals surface area contributed by atoms with Gasteiger partial charge in [0.15, 0.2) is 0 Å². The van der Waals surface area contributed by atoms with E-state index in [1.807, 2.05) is 12.1 Å². The number of anilines is 1. The van der Waals surface area contributed by atoms with E-state index in [4.69, 9.17) is 0 Å². The van der Waals surface area contributed by atoms with Crippen molar-refractivity contribution in [2.75, 3.05) is 31.1 Å². The second-order valence-corrected chi connectivity index (χ2v) is 5.49. The molecule has 1 amide bonds. The average Bonchev–Trinajstić information content (AvgIpc) is 3.24. The summed E-state index contributed by atoms with van der Waals surface area (Å²) in [6.07, 6.45) is 2.25. The number of aryl methyl sites for hydroxylation is 1. The van der Waals surface area contributed by atoms with Crippen molar-refractivity contribution in [3.8, 4) is 0 Å². The molecule has 1 saturated carbocycles. The fraction of sp³-hybridized carbons (Fsp3) is 0.533. The molecule has 2 aliphatic rings. The minimum Gasteiger partial charge on any atom is -0.369 e. The van der Waals surface area contributed by atoms with E-state index in [0.717, 1.165) is 44.6 Å². The molecule has 0 radical (unpaired) electrons. The van der Waals surface area contributed by atoms with Gasteiger partial charge in [-0.25, -0.2) is 0 Å². The van der Waals surface area contributed by atoms with Crippen LogP contribution in [0.15, 0.2) is 18.2 Å². The summed E-state index contributed by atoms with van der Waals surface area (Å²) in [5.41, 5.74) is 3.22. The zero-order valence-electron chi connectivity index (χ0n) is 11.4. The number of hydrogen-bond donors (Lipinski definition) is 2. The maximum atomic E-state index is 12.1. The van der Waals surface area contributed by atoms with Gasteiger partial charge in [-0.05, 0) is 37.5 Å². The lowest BCUT2D eigenvalue weighted by atomic mass is 10.1. The lowest BCUT2D eigenvalue weighted by Crippen LogP contribution is -2.43. The van der Waals surface area contributed by atoms with Crippen molar-refractivity contribution in [3.63, 3.8) is 0 Å². The molecule has 0 spiro atoms. The van der Waals surface area contributed by atoms with Gasteiger partial charge >= 0.3 is 0 Å². The Balaban J connectivity index is 1.79. The van der Waals surface area contributed by atoms with Crippen LogP contribution in [0.5, 0.6) is 0 Å². The molecule has 4 heteroatoms. The minimum absolute atomic E-state index is 0.0684. The van der Waals surface area contributed by atoms with Crippen molar-refractivity contribution < 1.29 is 4.79 Å². The van der Waals surface area contributed by atoms with E-state index in [1.165, 1.54) is 11.3 Å². The van der Waals surface area contributed by atoms with Gasteiger partial charge in [0.1, 0.15) is 0 Å². The zero-order valence-corrected chi connectivity index (χ0v) is 11.4. The van der Waals surface area contributed by atoms with Crippen LogP contribution in [-0.2, 0) is 0 Å². The van der Waals surface area contributed by atoms with E-state index in [1.54, 1.807) is 0 Å². The van der Waals surface area contributed by atoms with Gasteiger partial charge in [-0.1, -0.05) is 6.07 Å². The summed E-state index contributed by atoms with van der Waals surface area (Å²) < 4.78 is 0. The van der Waals surface area contributed by atoms with Gasteiger partial charge in [0.25, 0.3) is 5.91 Å². The Kier molecular flexibility index (Phi) is 3.42. The van der Waals surface area contributed by atoms with Gasteiger partial charge in [-0.3, -0.25) is 4.79 Å². The molecule has 1 aliphatic carbocycles. The highest BCUT2D eigenvalue weighted by molar-refractivity contribution is 5.95. The molecule has 102 valence electrons. The third-order valence-corrected chi connectivity index (χ3v) is 3.84. The Hall–Kier alpha value is -1.55. The lowest BCUT2D eigenvalue weighted by Gasteiger charge is -2.31. The van der Waals surface area contributed by atoms with E-state index in [0.29, 0.717) is 6.04 Å². The van der Waals surface area contributed by atoms with Gasteiger partial charge in [-0.15, -0.1) is 0 Å². The van der Waals surface area contributed by atoms with Gasteiger partial charge in [0.05, 0.1) is 0 Å². The van der Waals surface area contributed by atoms with Crippen LogP contribution in [0.3, 0.4) is 0 Å². The summed E-state index contributed by atoms with van der Waals surface area (Å²) in [6.45, 7) is 6.15. The maximum absolute atomic E-state index is 12.1. The van der Waals surface area contributed by atoms with Crippen LogP contribution in [0.1, 0.15) is 28.8 Å². The SMILES string of the molecule is Cc1ccc(C(=O)NC2CC2)cc1N1CCNCC1. The molecule has 3 rings (SSSR count). The summed E-state index contributed by atoms with van der Waals surface area (Å²) >= 11 is 0. The molecule has 0 bridgehead atoms. The van der Waals surface area contributed by atoms with Gasteiger partial charge < -0.3 is 15.5 Å². The Morgan fingerprint density at radius 1 is 1.32 bits per heavy atom. The van der Waals surface area contributed by atoms with Crippen LogP contribution in [0.2, 0.25) is 0 Å². The van der Waals surface area contributed by atoms with Gasteiger partial charge in [-0.2, -0.15) is 0 Å². The first kappa shape index (κ1) is 12.5. The summed E-state index contributed by atoms with van der Waals surface area (Å²) in [4.78, 5) is 14.5. The summed E-state index contributed by atoms with van der Waals surface area (Å²) in [5, 5.41) is 6.40. The van der Waals surface area contributed by atoms with Crippen molar-refractivity contribution in [1.29, 1.82) is 0 Å². The second kappa shape index (κ2) is 5.21. The minimum atomic E-state index is 0.0684. The highest BCUT2D eigenvalue weighted by Gasteiger charge is 2.24. The molecule has 1 heterocycles. The smallest absolute Gasteiger partial charge is 0.251 e. The molecule has 1 saturated heterocycles. The molecule has 0 unspecified atom stereocenters. The molecular weight excluding hydrogens is 238 g/mol. The number of benzene rings is 1. The maximum Gasteiger partial charge on any atom is 0.251 e. The van der Waals surface area contributed by atoms with Crippen molar-refractivity contribution in [2.45, 2.75) is 25.8 Å². The highest BCUT2D eigenvalue weighted by atomic mass is 16.1. The van der Waals surface area contributed by atoms with E-state index >= 15 is 0 Å². The fourth-order valence-corrected chi connectivity index (χ4v) is 2.49. The van der Waals surface area contributed by atoms with Crippen LogP contribution in [0.25, 0.3) is 0 Å².